The van der Waals surface area contributed by atoms with E-state index in [2.05, 4.69) is 31.4 Å². The zero-order valence-electron chi connectivity index (χ0n) is 19.2. The predicted octanol–water partition coefficient (Wildman–Crippen LogP) is 4.42. The van der Waals surface area contributed by atoms with Crippen LogP contribution in [0.3, 0.4) is 0 Å². The van der Waals surface area contributed by atoms with Crippen molar-refractivity contribution in [3.63, 3.8) is 0 Å². The Labute approximate surface area is 202 Å². The second-order valence-corrected chi connectivity index (χ2v) is 8.69. The topological polar surface area (TPSA) is 97.7 Å². The molecule has 1 amide bonds. The second kappa shape index (κ2) is 8.81. The van der Waals surface area contributed by atoms with Crippen LogP contribution in [0.5, 0.6) is 0 Å². The number of aryl methyl sites for hydroxylation is 1. The van der Waals surface area contributed by atoms with Gasteiger partial charge in [0.25, 0.3) is 5.91 Å². The molecule has 174 valence electrons. The largest absolute Gasteiger partial charge is 0.373 e. The molecule has 2 N–H and O–H groups in total. The van der Waals surface area contributed by atoms with E-state index in [-0.39, 0.29) is 12.0 Å². The summed E-state index contributed by atoms with van der Waals surface area (Å²) in [5.74, 6) is -0.0899. The van der Waals surface area contributed by atoms with Crippen molar-refractivity contribution in [2.24, 2.45) is 7.05 Å². The van der Waals surface area contributed by atoms with E-state index in [4.69, 9.17) is 4.74 Å². The molecule has 8 heteroatoms. The van der Waals surface area contributed by atoms with E-state index in [1.165, 1.54) is 0 Å². The molecule has 4 heterocycles. The Morgan fingerprint density at radius 1 is 1.14 bits per heavy atom. The lowest BCUT2D eigenvalue weighted by Gasteiger charge is -2.28. The number of aromatic amines is 1. The van der Waals surface area contributed by atoms with Crippen LogP contribution in [0.1, 0.15) is 34.0 Å². The van der Waals surface area contributed by atoms with Crippen LogP contribution in [0.2, 0.25) is 0 Å². The number of carbonyl (C=O) groups is 1. The monoisotopic (exact) mass is 464 g/mol. The Morgan fingerprint density at radius 3 is 2.71 bits per heavy atom. The molecule has 1 unspecified atom stereocenters. The van der Waals surface area contributed by atoms with Gasteiger partial charge in [-0.25, -0.2) is 9.97 Å². The van der Waals surface area contributed by atoms with Gasteiger partial charge in [-0.3, -0.25) is 9.48 Å². The molecule has 1 atom stereocenters. The molecule has 6 rings (SSSR count). The summed E-state index contributed by atoms with van der Waals surface area (Å²) >= 11 is 0. The van der Waals surface area contributed by atoms with Gasteiger partial charge in [0.05, 0.1) is 30.3 Å². The molecule has 1 aliphatic heterocycles. The fourth-order valence-electron chi connectivity index (χ4n) is 4.41. The first-order chi connectivity index (χ1) is 17.2. The average molecular weight is 465 g/mol. The number of carbonyl (C=O) groups excluding carboxylic acids is 1. The normalized spacial score (nSPS) is 15.2. The van der Waals surface area contributed by atoms with Crippen molar-refractivity contribution in [3.8, 4) is 22.5 Å². The minimum Gasteiger partial charge on any atom is -0.373 e. The van der Waals surface area contributed by atoms with Crippen LogP contribution in [0.15, 0.2) is 73.3 Å². The van der Waals surface area contributed by atoms with Gasteiger partial charge in [-0.2, -0.15) is 5.10 Å². The van der Waals surface area contributed by atoms with Crippen LogP contribution < -0.4 is 5.32 Å². The first-order valence-electron chi connectivity index (χ1n) is 11.6. The van der Waals surface area contributed by atoms with Crippen molar-refractivity contribution in [2.45, 2.75) is 19.1 Å². The number of H-pyrrole nitrogens is 1. The second-order valence-electron chi connectivity index (χ2n) is 8.69. The molecule has 0 aliphatic carbocycles. The first kappa shape index (κ1) is 21.2. The van der Waals surface area contributed by atoms with E-state index in [1.54, 1.807) is 11.0 Å². The number of nitrogens with zero attached hydrogens (tertiary/aromatic N) is 4. The highest BCUT2D eigenvalue weighted by molar-refractivity contribution is 5.96. The molecule has 3 aromatic heterocycles. The summed E-state index contributed by atoms with van der Waals surface area (Å²) in [5.41, 5.74) is 7.19. The van der Waals surface area contributed by atoms with Crippen molar-refractivity contribution in [1.29, 1.82) is 0 Å². The van der Waals surface area contributed by atoms with E-state index in [0.717, 1.165) is 57.7 Å². The lowest BCUT2D eigenvalue weighted by molar-refractivity contribution is -0.0530. The third kappa shape index (κ3) is 4.08. The molecule has 8 nitrogen and oxygen atoms in total. The van der Waals surface area contributed by atoms with E-state index >= 15 is 0 Å². The van der Waals surface area contributed by atoms with Gasteiger partial charge in [0.2, 0.25) is 0 Å². The predicted molar refractivity (Wildman–Crippen MR) is 132 cm³/mol. The molecule has 2 aromatic carbocycles. The van der Waals surface area contributed by atoms with Crippen LogP contribution in [0, 0.1) is 0 Å². The van der Waals surface area contributed by atoms with Crippen LogP contribution in [-0.2, 0) is 18.3 Å². The highest BCUT2D eigenvalue weighted by Gasteiger charge is 2.25. The molecular weight excluding hydrogens is 440 g/mol. The Bertz CT molecular complexity index is 1510. The molecule has 35 heavy (non-hydrogen) atoms. The average Bonchev–Trinajstić information content (AvgIpc) is 3.48. The number of nitrogens with one attached hydrogen (secondary N) is 2. The van der Waals surface area contributed by atoms with Crippen LogP contribution in [0.4, 0.5) is 0 Å². The maximum absolute atomic E-state index is 12.8. The third-order valence-corrected chi connectivity index (χ3v) is 6.37. The maximum atomic E-state index is 12.8. The molecule has 0 spiro atoms. The highest BCUT2D eigenvalue weighted by Crippen LogP contribution is 2.32. The number of amides is 1. The van der Waals surface area contributed by atoms with E-state index in [0.29, 0.717) is 12.1 Å². The summed E-state index contributed by atoms with van der Waals surface area (Å²) in [6.45, 7) is 1.19. The van der Waals surface area contributed by atoms with Crippen molar-refractivity contribution in [1.82, 2.24) is 30.0 Å². The van der Waals surface area contributed by atoms with Gasteiger partial charge in [0.15, 0.2) is 0 Å². The minimum absolute atomic E-state index is 0.0213. The van der Waals surface area contributed by atoms with Crippen LogP contribution in [-0.4, -0.2) is 37.2 Å². The zero-order chi connectivity index (χ0) is 23.8. The summed E-state index contributed by atoms with van der Waals surface area (Å²) in [5, 5.41) is 8.23. The van der Waals surface area contributed by atoms with Crippen molar-refractivity contribution < 1.29 is 9.53 Å². The fourth-order valence-corrected chi connectivity index (χ4v) is 4.41. The number of aromatic nitrogens is 5. The third-order valence-electron chi connectivity index (χ3n) is 6.37. The van der Waals surface area contributed by atoms with E-state index in [9.17, 15) is 4.79 Å². The van der Waals surface area contributed by atoms with Crippen molar-refractivity contribution in [2.75, 3.05) is 6.61 Å². The number of hydrogen-bond acceptors (Lipinski definition) is 5. The van der Waals surface area contributed by atoms with E-state index < -0.39 is 0 Å². The van der Waals surface area contributed by atoms with Crippen molar-refractivity contribution >= 4 is 16.9 Å². The summed E-state index contributed by atoms with van der Waals surface area (Å²) in [7, 11) is 1.89. The lowest BCUT2D eigenvalue weighted by Crippen LogP contribution is -2.27. The van der Waals surface area contributed by atoms with Gasteiger partial charge in [0.1, 0.15) is 12.0 Å². The Morgan fingerprint density at radius 2 is 1.97 bits per heavy atom. The van der Waals surface area contributed by atoms with Crippen LogP contribution in [0.25, 0.3) is 33.5 Å². The van der Waals surface area contributed by atoms with Gasteiger partial charge in [-0.1, -0.05) is 42.5 Å². The van der Waals surface area contributed by atoms with Gasteiger partial charge < -0.3 is 15.0 Å². The number of hydrogen-bond donors (Lipinski definition) is 2. The Kier molecular flexibility index (Phi) is 5.35. The minimum atomic E-state index is -0.0899. The summed E-state index contributed by atoms with van der Waals surface area (Å²) in [6.07, 6.45) is 6.32. The smallest absolute Gasteiger partial charge is 0.251 e. The van der Waals surface area contributed by atoms with Gasteiger partial charge in [-0.05, 0) is 23.3 Å². The fraction of sp³-hybridized carbons (Fsp3) is 0.185. The molecule has 1 aliphatic rings. The lowest BCUT2D eigenvalue weighted by atomic mass is 9.97. The van der Waals surface area contributed by atoms with Gasteiger partial charge in [-0.15, -0.1) is 0 Å². The molecule has 0 radical (unpaired) electrons. The number of benzene rings is 2. The van der Waals surface area contributed by atoms with Gasteiger partial charge >= 0.3 is 0 Å². The molecule has 0 bridgehead atoms. The molecule has 1 saturated heterocycles. The molecule has 0 saturated carbocycles. The highest BCUT2D eigenvalue weighted by atomic mass is 16.5. The first-order valence-corrected chi connectivity index (χ1v) is 11.6. The summed E-state index contributed by atoms with van der Waals surface area (Å²) in [4.78, 5) is 25.1. The molecular formula is C27H24N6O2. The maximum Gasteiger partial charge on any atom is 0.251 e. The molecule has 5 aromatic rings. The van der Waals surface area contributed by atoms with Crippen molar-refractivity contribution in [3.05, 3.63) is 90.0 Å². The SMILES string of the molecule is Cn1cc(-c2cc3c(-c4ccc(CNC(=O)c5ccccc5C5CCO5)cc4)ncnc3[nH]2)cn1. The van der Waals surface area contributed by atoms with Crippen LogP contribution >= 0.6 is 0 Å². The van der Waals surface area contributed by atoms with Gasteiger partial charge in [0, 0.05) is 48.3 Å². The van der Waals surface area contributed by atoms with E-state index in [1.807, 2.05) is 68.0 Å². The Hall–Kier alpha value is -4.30. The molecule has 1 fully saturated rings. The standard InChI is InChI=1S/C27H24N6O2/c1-33-15-19(14-31-33)23-12-22-25(29-16-30-26(22)32-23)18-8-6-17(7-9-18)13-28-27(34)21-5-3-2-4-20(21)24-10-11-35-24/h2-9,12,14-16,24H,10-11,13H2,1H3,(H,28,34)(H,29,30,32). The number of rotatable bonds is 6. The summed E-state index contributed by atoms with van der Waals surface area (Å²) in [6, 6.07) is 17.8. The number of ether oxygens (including phenoxy) is 1. The Balaban J connectivity index is 1.19. The zero-order valence-corrected chi connectivity index (χ0v) is 19.2. The number of fused-ring (bicyclic) bond motifs is 1. The quantitative estimate of drug-likeness (QED) is 0.388. The summed E-state index contributed by atoms with van der Waals surface area (Å²) < 4.78 is 7.36.